The number of H-pyrrole nitrogens is 1. The van der Waals surface area contributed by atoms with Crippen LogP contribution in [0.1, 0.15) is 16.0 Å². The number of rotatable bonds is 8. The Bertz CT molecular complexity index is 901. The molecule has 0 unspecified atom stereocenters. The molecule has 0 saturated heterocycles. The largest absolute Gasteiger partial charge is 0.494 e. The van der Waals surface area contributed by atoms with E-state index in [1.165, 1.54) is 0 Å². The second-order valence-electron chi connectivity index (χ2n) is 5.43. The number of aromatic nitrogens is 1. The predicted molar refractivity (Wildman–Crippen MR) is 101 cm³/mol. The fourth-order valence-electron chi connectivity index (χ4n) is 2.25. The topological polar surface area (TPSA) is 83.9 Å². The van der Waals surface area contributed by atoms with E-state index in [9.17, 15) is 9.90 Å². The Kier molecular flexibility index (Phi) is 6.05. The monoisotopic (exact) mass is 370 g/mol. The lowest BCUT2D eigenvalue weighted by Gasteiger charge is -2.06. The summed E-state index contributed by atoms with van der Waals surface area (Å²) in [7, 11) is 0. The molecule has 0 aliphatic rings. The normalized spacial score (nSPS) is 10.9. The van der Waals surface area contributed by atoms with E-state index < -0.39 is 0 Å². The minimum absolute atomic E-state index is 0.0615. The van der Waals surface area contributed by atoms with Crippen molar-refractivity contribution in [1.29, 1.82) is 0 Å². The molecule has 1 aromatic heterocycles. The van der Waals surface area contributed by atoms with Crippen molar-refractivity contribution in [2.45, 2.75) is 6.42 Å². The smallest absolute Gasteiger partial charge is 0.307 e. The van der Waals surface area contributed by atoms with E-state index in [1.54, 1.807) is 6.21 Å². The standard InChI is InChI=1S/C19H18N2O4S/c22-18-17(26-19(23)21-18)12-14-6-8-16(9-7-14)24-10-11-25-20-13-15-4-2-1-3-5-15/h1-9,13,22H,10-12H2,(H,21,23). The number of nitrogens with one attached hydrogen (secondary N) is 1. The summed E-state index contributed by atoms with van der Waals surface area (Å²) in [5.74, 6) is 0.657. The first-order valence-electron chi connectivity index (χ1n) is 8.04. The molecule has 0 aliphatic carbocycles. The molecule has 3 aromatic rings. The molecular weight excluding hydrogens is 352 g/mol. The van der Waals surface area contributed by atoms with Crippen LogP contribution in [-0.4, -0.2) is 29.5 Å². The number of thiazole rings is 1. The van der Waals surface area contributed by atoms with Crippen LogP contribution in [0, 0.1) is 0 Å². The molecule has 0 aliphatic heterocycles. The van der Waals surface area contributed by atoms with Crippen LogP contribution in [0.2, 0.25) is 0 Å². The number of hydrogen-bond acceptors (Lipinski definition) is 6. The van der Waals surface area contributed by atoms with Crippen LogP contribution >= 0.6 is 11.3 Å². The van der Waals surface area contributed by atoms with Crippen molar-refractivity contribution < 1.29 is 14.7 Å². The van der Waals surface area contributed by atoms with Gasteiger partial charge in [-0.1, -0.05) is 59.0 Å². The van der Waals surface area contributed by atoms with E-state index >= 15 is 0 Å². The summed E-state index contributed by atoms with van der Waals surface area (Å²) in [6, 6.07) is 17.2. The fourth-order valence-corrected chi connectivity index (χ4v) is 3.01. The van der Waals surface area contributed by atoms with Crippen LogP contribution in [-0.2, 0) is 11.3 Å². The van der Waals surface area contributed by atoms with Crippen molar-refractivity contribution in [3.05, 3.63) is 80.3 Å². The van der Waals surface area contributed by atoms with Gasteiger partial charge in [0, 0.05) is 6.42 Å². The van der Waals surface area contributed by atoms with Crippen LogP contribution in [0.25, 0.3) is 0 Å². The summed E-state index contributed by atoms with van der Waals surface area (Å²) in [4.78, 5) is 19.1. The highest BCUT2D eigenvalue weighted by Gasteiger charge is 2.07. The summed E-state index contributed by atoms with van der Waals surface area (Å²) >= 11 is 1.01. The van der Waals surface area contributed by atoms with Crippen LogP contribution in [0.5, 0.6) is 11.6 Å². The summed E-state index contributed by atoms with van der Waals surface area (Å²) in [6.45, 7) is 0.724. The Hall–Kier alpha value is -3.06. The zero-order chi connectivity index (χ0) is 18.2. The maximum Gasteiger partial charge on any atom is 0.307 e. The zero-order valence-electron chi connectivity index (χ0n) is 13.9. The number of aromatic amines is 1. The lowest BCUT2D eigenvalue weighted by Crippen LogP contribution is -2.04. The van der Waals surface area contributed by atoms with Crippen molar-refractivity contribution in [2.24, 2.45) is 5.16 Å². The molecular formula is C19H18N2O4S. The zero-order valence-corrected chi connectivity index (χ0v) is 14.7. The molecule has 0 bridgehead atoms. The molecule has 0 amide bonds. The number of hydrogen-bond donors (Lipinski definition) is 2. The Morgan fingerprint density at radius 2 is 1.85 bits per heavy atom. The Balaban J connectivity index is 1.41. The highest BCUT2D eigenvalue weighted by molar-refractivity contribution is 7.09. The number of nitrogens with zero attached hydrogens (tertiary/aromatic N) is 1. The first-order chi connectivity index (χ1) is 12.7. The molecule has 1 heterocycles. The highest BCUT2D eigenvalue weighted by Crippen LogP contribution is 2.21. The van der Waals surface area contributed by atoms with E-state index in [0.29, 0.717) is 24.5 Å². The molecule has 0 radical (unpaired) electrons. The molecule has 7 heteroatoms. The van der Waals surface area contributed by atoms with Gasteiger partial charge in [-0.15, -0.1) is 0 Å². The maximum atomic E-state index is 11.2. The number of oxime groups is 1. The quantitative estimate of drug-likeness (QED) is 0.362. The Labute approximate surface area is 154 Å². The number of aromatic hydroxyl groups is 1. The fraction of sp³-hybridized carbons (Fsp3) is 0.158. The van der Waals surface area contributed by atoms with Gasteiger partial charge in [-0.25, -0.2) is 0 Å². The summed E-state index contributed by atoms with van der Waals surface area (Å²) in [5.41, 5.74) is 1.95. The molecule has 2 N–H and O–H groups in total. The van der Waals surface area contributed by atoms with Crippen molar-refractivity contribution in [2.75, 3.05) is 13.2 Å². The first-order valence-corrected chi connectivity index (χ1v) is 8.85. The van der Waals surface area contributed by atoms with E-state index in [2.05, 4.69) is 10.1 Å². The van der Waals surface area contributed by atoms with Gasteiger partial charge < -0.3 is 14.7 Å². The second-order valence-corrected chi connectivity index (χ2v) is 6.50. The molecule has 0 fully saturated rings. The van der Waals surface area contributed by atoms with Crippen LogP contribution in [0.15, 0.2) is 64.5 Å². The minimum atomic E-state index is -0.257. The predicted octanol–water partition coefficient (Wildman–Crippen LogP) is 3.16. The van der Waals surface area contributed by atoms with Gasteiger partial charge in [-0.3, -0.25) is 9.78 Å². The molecule has 3 rings (SSSR count). The lowest BCUT2D eigenvalue weighted by atomic mass is 10.1. The molecule has 0 saturated carbocycles. The molecule has 2 aromatic carbocycles. The van der Waals surface area contributed by atoms with Gasteiger partial charge in [0.2, 0.25) is 5.88 Å². The van der Waals surface area contributed by atoms with Gasteiger partial charge in [0.1, 0.15) is 12.4 Å². The van der Waals surface area contributed by atoms with Crippen LogP contribution in [0.4, 0.5) is 0 Å². The Morgan fingerprint density at radius 1 is 1.08 bits per heavy atom. The third kappa shape index (κ3) is 5.22. The summed E-state index contributed by atoms with van der Waals surface area (Å²) < 4.78 is 5.59. The SMILES string of the molecule is O=c1[nH]c(O)c(Cc2ccc(OCCON=Cc3ccccc3)cc2)s1. The van der Waals surface area contributed by atoms with Gasteiger partial charge in [0.15, 0.2) is 6.61 Å². The van der Waals surface area contributed by atoms with E-state index in [4.69, 9.17) is 9.57 Å². The van der Waals surface area contributed by atoms with Gasteiger partial charge in [-0.05, 0) is 23.3 Å². The molecule has 6 nitrogen and oxygen atoms in total. The number of ether oxygens (including phenoxy) is 1. The summed E-state index contributed by atoms with van der Waals surface area (Å²) in [5, 5.41) is 13.5. The average molecular weight is 370 g/mol. The minimum Gasteiger partial charge on any atom is -0.494 e. The third-order valence-electron chi connectivity index (χ3n) is 3.51. The van der Waals surface area contributed by atoms with Gasteiger partial charge >= 0.3 is 4.87 Å². The van der Waals surface area contributed by atoms with E-state index in [-0.39, 0.29) is 10.8 Å². The molecule has 134 valence electrons. The summed E-state index contributed by atoms with van der Waals surface area (Å²) in [6.07, 6.45) is 2.15. The third-order valence-corrected chi connectivity index (χ3v) is 4.38. The van der Waals surface area contributed by atoms with Gasteiger partial charge in [-0.2, -0.15) is 0 Å². The van der Waals surface area contributed by atoms with Crippen molar-refractivity contribution in [3.63, 3.8) is 0 Å². The molecule has 26 heavy (non-hydrogen) atoms. The van der Waals surface area contributed by atoms with Crippen LogP contribution < -0.4 is 9.61 Å². The van der Waals surface area contributed by atoms with Crippen molar-refractivity contribution >= 4 is 17.6 Å². The van der Waals surface area contributed by atoms with E-state index in [1.807, 2.05) is 54.6 Å². The van der Waals surface area contributed by atoms with Gasteiger partial charge in [0.05, 0.1) is 11.1 Å². The van der Waals surface area contributed by atoms with Crippen molar-refractivity contribution in [3.8, 4) is 11.6 Å². The first kappa shape index (κ1) is 17.8. The highest BCUT2D eigenvalue weighted by atomic mass is 32.1. The maximum absolute atomic E-state index is 11.2. The van der Waals surface area contributed by atoms with Crippen molar-refractivity contribution in [1.82, 2.24) is 4.98 Å². The average Bonchev–Trinajstić information content (AvgIpc) is 2.97. The second kappa shape index (κ2) is 8.87. The number of benzene rings is 2. The lowest BCUT2D eigenvalue weighted by molar-refractivity contribution is 0.108. The molecule has 0 spiro atoms. The van der Waals surface area contributed by atoms with Gasteiger partial charge in [0.25, 0.3) is 0 Å². The molecule has 0 atom stereocenters. The van der Waals surface area contributed by atoms with Crippen LogP contribution in [0.3, 0.4) is 0 Å². The van der Waals surface area contributed by atoms with E-state index in [0.717, 1.165) is 28.2 Å². The Morgan fingerprint density at radius 3 is 2.54 bits per heavy atom.